The summed E-state index contributed by atoms with van der Waals surface area (Å²) in [6.07, 6.45) is 9.36. The number of ether oxygens (including phenoxy) is 1. The molecule has 2 aliphatic rings. The second-order valence-corrected chi connectivity index (χ2v) is 9.56. The van der Waals surface area contributed by atoms with Crippen LogP contribution in [0.25, 0.3) is 0 Å². The molecule has 0 radical (unpaired) electrons. The number of anilines is 1. The van der Waals surface area contributed by atoms with E-state index in [9.17, 15) is 14.0 Å². The maximum Gasteiger partial charge on any atom is 0.254 e. The van der Waals surface area contributed by atoms with Gasteiger partial charge in [0.2, 0.25) is 5.91 Å². The Hall–Kier alpha value is -2.73. The molecule has 5 nitrogen and oxygen atoms in total. The quantitative estimate of drug-likeness (QED) is 0.550. The highest BCUT2D eigenvalue weighted by atomic mass is 19.1. The maximum absolute atomic E-state index is 14.3. The van der Waals surface area contributed by atoms with Gasteiger partial charge in [-0.05, 0) is 61.9 Å². The van der Waals surface area contributed by atoms with Crippen molar-refractivity contribution in [3.63, 3.8) is 0 Å². The summed E-state index contributed by atoms with van der Waals surface area (Å²) in [6, 6.07) is 12.7. The van der Waals surface area contributed by atoms with Crippen LogP contribution >= 0.6 is 0 Å². The zero-order chi connectivity index (χ0) is 23.9. The molecule has 1 unspecified atom stereocenters. The molecule has 0 aromatic heterocycles. The summed E-state index contributed by atoms with van der Waals surface area (Å²) in [4.78, 5) is 28.9. The van der Waals surface area contributed by atoms with E-state index in [1.165, 1.54) is 23.5 Å². The lowest BCUT2D eigenvalue weighted by Gasteiger charge is -2.34. The van der Waals surface area contributed by atoms with Crippen LogP contribution in [0.3, 0.4) is 0 Å². The van der Waals surface area contributed by atoms with Gasteiger partial charge in [0.05, 0.1) is 6.10 Å². The third-order valence-electron chi connectivity index (χ3n) is 7.04. The molecule has 2 aliphatic carbocycles. The SMILES string of the molecule is Cc1ccccc1C(C(=O)NC1CCCCC1)N(C(=O)COC1CCCC1)c1cccc(F)c1. The number of rotatable bonds is 8. The first-order valence-corrected chi connectivity index (χ1v) is 12.6. The van der Waals surface area contributed by atoms with Crippen LogP contribution in [0.1, 0.15) is 75.0 Å². The molecular weight excluding hydrogens is 431 g/mol. The second-order valence-electron chi connectivity index (χ2n) is 9.56. The van der Waals surface area contributed by atoms with Crippen LogP contribution in [0.5, 0.6) is 0 Å². The summed E-state index contributed by atoms with van der Waals surface area (Å²) in [6.45, 7) is 1.79. The van der Waals surface area contributed by atoms with Gasteiger partial charge >= 0.3 is 0 Å². The molecule has 0 spiro atoms. The zero-order valence-electron chi connectivity index (χ0n) is 20.0. The molecule has 4 rings (SSSR count). The highest BCUT2D eigenvalue weighted by Gasteiger charge is 2.35. The number of nitrogens with one attached hydrogen (secondary N) is 1. The monoisotopic (exact) mass is 466 g/mol. The number of carbonyl (C=O) groups is 2. The van der Waals surface area contributed by atoms with E-state index in [4.69, 9.17) is 4.74 Å². The Balaban J connectivity index is 1.69. The first-order valence-electron chi connectivity index (χ1n) is 12.6. The van der Waals surface area contributed by atoms with E-state index in [-0.39, 0.29) is 30.6 Å². The van der Waals surface area contributed by atoms with Gasteiger partial charge in [-0.15, -0.1) is 0 Å². The molecule has 2 aromatic carbocycles. The van der Waals surface area contributed by atoms with Gasteiger partial charge in [0.25, 0.3) is 5.91 Å². The van der Waals surface area contributed by atoms with Crippen molar-refractivity contribution in [1.29, 1.82) is 0 Å². The molecule has 2 fully saturated rings. The van der Waals surface area contributed by atoms with E-state index >= 15 is 0 Å². The Morgan fingerprint density at radius 2 is 1.71 bits per heavy atom. The predicted molar refractivity (Wildman–Crippen MR) is 131 cm³/mol. The molecule has 2 amide bonds. The number of carbonyl (C=O) groups excluding carboxylic acids is 2. The summed E-state index contributed by atoms with van der Waals surface area (Å²) < 4.78 is 20.2. The van der Waals surface area contributed by atoms with E-state index in [1.54, 1.807) is 12.1 Å². The van der Waals surface area contributed by atoms with Gasteiger partial charge in [-0.25, -0.2) is 4.39 Å². The smallest absolute Gasteiger partial charge is 0.254 e. The number of halogens is 1. The lowest BCUT2D eigenvalue weighted by molar-refractivity contribution is -0.130. The highest BCUT2D eigenvalue weighted by molar-refractivity contribution is 6.02. The van der Waals surface area contributed by atoms with Crippen LogP contribution in [0, 0.1) is 12.7 Å². The van der Waals surface area contributed by atoms with Crippen LogP contribution in [-0.4, -0.2) is 30.6 Å². The van der Waals surface area contributed by atoms with Crippen LogP contribution in [-0.2, 0) is 14.3 Å². The van der Waals surface area contributed by atoms with Crippen molar-refractivity contribution >= 4 is 17.5 Å². The molecule has 34 heavy (non-hydrogen) atoms. The maximum atomic E-state index is 14.3. The Labute approximate surface area is 201 Å². The number of aryl methyl sites for hydroxylation is 1. The minimum absolute atomic E-state index is 0.0614. The number of amides is 2. The van der Waals surface area contributed by atoms with Crippen molar-refractivity contribution in [3.05, 3.63) is 65.5 Å². The average molecular weight is 467 g/mol. The molecule has 1 atom stereocenters. The molecule has 0 bridgehead atoms. The summed E-state index contributed by atoms with van der Waals surface area (Å²) in [7, 11) is 0. The minimum Gasteiger partial charge on any atom is -0.368 e. The van der Waals surface area contributed by atoms with Crippen molar-refractivity contribution < 1.29 is 18.7 Å². The summed E-state index contributed by atoms with van der Waals surface area (Å²) >= 11 is 0. The molecule has 0 saturated heterocycles. The van der Waals surface area contributed by atoms with Gasteiger partial charge in [-0.3, -0.25) is 14.5 Å². The van der Waals surface area contributed by atoms with E-state index < -0.39 is 11.9 Å². The summed E-state index contributed by atoms with van der Waals surface area (Å²) in [5.74, 6) is -1.03. The van der Waals surface area contributed by atoms with Gasteiger partial charge < -0.3 is 10.1 Å². The van der Waals surface area contributed by atoms with Crippen LogP contribution in [0.15, 0.2) is 48.5 Å². The topological polar surface area (TPSA) is 58.6 Å². The molecule has 6 heteroatoms. The van der Waals surface area contributed by atoms with Crippen molar-refractivity contribution in [3.8, 4) is 0 Å². The molecule has 182 valence electrons. The standard InChI is InChI=1S/C28H35FN2O3/c1-20-10-5-8-17-25(20)27(28(33)30-22-12-3-2-4-13-22)31(23-14-9-11-21(29)18-23)26(32)19-34-24-15-6-7-16-24/h5,8-11,14,17-18,22,24,27H,2-4,6-7,12-13,15-16,19H2,1H3,(H,30,33). The molecule has 2 aromatic rings. The van der Waals surface area contributed by atoms with E-state index in [2.05, 4.69) is 5.32 Å². The van der Waals surface area contributed by atoms with E-state index in [1.807, 2.05) is 31.2 Å². The third kappa shape index (κ3) is 6.03. The van der Waals surface area contributed by atoms with Crippen molar-refractivity contribution in [1.82, 2.24) is 5.32 Å². The van der Waals surface area contributed by atoms with Gasteiger partial charge in [-0.2, -0.15) is 0 Å². The van der Waals surface area contributed by atoms with Gasteiger partial charge in [0.1, 0.15) is 18.5 Å². The van der Waals surface area contributed by atoms with Gasteiger partial charge in [0.15, 0.2) is 0 Å². The predicted octanol–water partition coefficient (Wildman–Crippen LogP) is 5.62. The van der Waals surface area contributed by atoms with Gasteiger partial charge in [0, 0.05) is 11.7 Å². The Morgan fingerprint density at radius 1 is 1.00 bits per heavy atom. The van der Waals surface area contributed by atoms with Crippen molar-refractivity contribution in [2.24, 2.45) is 0 Å². The number of nitrogens with zero attached hydrogens (tertiary/aromatic N) is 1. The molecular formula is C28H35FN2O3. The van der Waals surface area contributed by atoms with E-state index in [0.717, 1.165) is 62.5 Å². The molecule has 1 N–H and O–H groups in total. The fourth-order valence-electron chi connectivity index (χ4n) is 5.19. The molecule has 2 saturated carbocycles. The van der Waals surface area contributed by atoms with E-state index in [0.29, 0.717) is 5.69 Å². The van der Waals surface area contributed by atoms with Crippen LogP contribution in [0.4, 0.5) is 10.1 Å². The Kier molecular flexibility index (Phi) is 8.33. The lowest BCUT2D eigenvalue weighted by Crippen LogP contribution is -2.48. The zero-order valence-corrected chi connectivity index (χ0v) is 20.0. The summed E-state index contributed by atoms with van der Waals surface area (Å²) in [5.41, 5.74) is 1.98. The lowest BCUT2D eigenvalue weighted by atomic mass is 9.93. The highest BCUT2D eigenvalue weighted by Crippen LogP contribution is 2.32. The van der Waals surface area contributed by atoms with Gasteiger partial charge in [-0.1, -0.05) is 62.4 Å². The average Bonchev–Trinajstić information content (AvgIpc) is 3.36. The number of hydrogen-bond acceptors (Lipinski definition) is 3. The van der Waals surface area contributed by atoms with Crippen molar-refractivity contribution in [2.75, 3.05) is 11.5 Å². The second kappa shape index (κ2) is 11.6. The number of hydrogen-bond donors (Lipinski definition) is 1. The normalized spacial score (nSPS) is 17.9. The van der Waals surface area contributed by atoms with Crippen molar-refractivity contribution in [2.45, 2.75) is 82.9 Å². The first-order chi connectivity index (χ1) is 16.5. The fourth-order valence-corrected chi connectivity index (χ4v) is 5.19. The van der Waals surface area contributed by atoms with Crippen LogP contribution < -0.4 is 10.2 Å². The third-order valence-corrected chi connectivity index (χ3v) is 7.04. The number of benzene rings is 2. The summed E-state index contributed by atoms with van der Waals surface area (Å²) in [5, 5.41) is 3.19. The molecule has 0 heterocycles. The fraction of sp³-hybridized carbons (Fsp3) is 0.500. The first kappa shape index (κ1) is 24.4. The largest absolute Gasteiger partial charge is 0.368 e. The minimum atomic E-state index is -0.912. The van der Waals surface area contributed by atoms with Crippen LogP contribution in [0.2, 0.25) is 0 Å². The Morgan fingerprint density at radius 3 is 2.41 bits per heavy atom. The Bertz CT molecular complexity index is 983. The molecule has 0 aliphatic heterocycles.